The van der Waals surface area contributed by atoms with Crippen LogP contribution in [-0.2, 0) is 6.42 Å². The highest BCUT2D eigenvalue weighted by molar-refractivity contribution is 6.30. The van der Waals surface area contributed by atoms with Gasteiger partial charge in [0.2, 0.25) is 0 Å². The van der Waals surface area contributed by atoms with Crippen LogP contribution in [0.15, 0.2) is 36.4 Å². The largest absolute Gasteiger partial charge is 0.496 e. The Morgan fingerprint density at radius 2 is 1.95 bits per heavy atom. The Bertz CT molecular complexity index is 617. The third-order valence-corrected chi connectivity index (χ3v) is 3.21. The standard InChI is InChI=1S/C15H13ClF2O2/c1-20-15-5-2-10(16)6-9(15)7-14(19)12-4-3-11(17)8-13(12)18/h2-6,8,14,19H,7H2,1H3. The highest BCUT2D eigenvalue weighted by Gasteiger charge is 2.16. The zero-order valence-electron chi connectivity index (χ0n) is 10.7. The van der Waals surface area contributed by atoms with E-state index in [2.05, 4.69) is 0 Å². The molecular weight excluding hydrogens is 286 g/mol. The van der Waals surface area contributed by atoms with Crippen LogP contribution in [0.25, 0.3) is 0 Å². The molecule has 1 N–H and O–H groups in total. The predicted octanol–water partition coefficient (Wildman–Crippen LogP) is 3.90. The van der Waals surface area contributed by atoms with Crippen LogP contribution < -0.4 is 4.74 Å². The van der Waals surface area contributed by atoms with Crippen LogP contribution in [0.1, 0.15) is 17.2 Å². The van der Waals surface area contributed by atoms with Gasteiger partial charge in [-0.15, -0.1) is 0 Å². The Kier molecular flexibility index (Phi) is 4.57. The molecule has 1 atom stereocenters. The molecule has 0 spiro atoms. The van der Waals surface area contributed by atoms with E-state index in [1.54, 1.807) is 18.2 Å². The van der Waals surface area contributed by atoms with Gasteiger partial charge in [0.1, 0.15) is 17.4 Å². The van der Waals surface area contributed by atoms with Crippen LogP contribution >= 0.6 is 11.6 Å². The molecular formula is C15H13ClF2O2. The summed E-state index contributed by atoms with van der Waals surface area (Å²) < 4.78 is 31.6. The first-order chi connectivity index (χ1) is 9.51. The van der Waals surface area contributed by atoms with E-state index in [-0.39, 0.29) is 12.0 Å². The van der Waals surface area contributed by atoms with Gasteiger partial charge in [-0.25, -0.2) is 8.78 Å². The second kappa shape index (κ2) is 6.20. The summed E-state index contributed by atoms with van der Waals surface area (Å²) in [4.78, 5) is 0. The summed E-state index contributed by atoms with van der Waals surface area (Å²) in [7, 11) is 1.50. The molecule has 2 aromatic rings. The van der Waals surface area contributed by atoms with Crippen molar-refractivity contribution in [2.75, 3.05) is 7.11 Å². The van der Waals surface area contributed by atoms with Crippen LogP contribution in [0.2, 0.25) is 5.02 Å². The summed E-state index contributed by atoms with van der Waals surface area (Å²) in [5.41, 5.74) is 0.685. The number of aliphatic hydroxyl groups excluding tert-OH is 1. The molecule has 0 aliphatic rings. The summed E-state index contributed by atoms with van der Waals surface area (Å²) in [5.74, 6) is -0.909. The third kappa shape index (κ3) is 3.26. The van der Waals surface area contributed by atoms with Gasteiger partial charge in [-0.2, -0.15) is 0 Å². The Balaban J connectivity index is 2.27. The molecule has 0 saturated carbocycles. The van der Waals surface area contributed by atoms with Crippen LogP contribution in [0.3, 0.4) is 0 Å². The van der Waals surface area contributed by atoms with Crippen LogP contribution in [0.4, 0.5) is 8.78 Å². The molecule has 0 aliphatic carbocycles. The van der Waals surface area contributed by atoms with Crippen molar-refractivity contribution >= 4 is 11.6 Å². The number of halogens is 3. The summed E-state index contributed by atoms with van der Waals surface area (Å²) in [6, 6.07) is 8.06. The lowest BCUT2D eigenvalue weighted by molar-refractivity contribution is 0.172. The molecule has 0 heterocycles. The van der Waals surface area contributed by atoms with Crippen molar-refractivity contribution in [1.29, 1.82) is 0 Å². The third-order valence-electron chi connectivity index (χ3n) is 2.98. The topological polar surface area (TPSA) is 29.5 Å². The quantitative estimate of drug-likeness (QED) is 0.927. The van der Waals surface area contributed by atoms with Crippen molar-refractivity contribution in [2.24, 2.45) is 0 Å². The number of rotatable bonds is 4. The molecule has 106 valence electrons. The van der Waals surface area contributed by atoms with E-state index in [0.717, 1.165) is 12.1 Å². The molecule has 2 aromatic carbocycles. The van der Waals surface area contributed by atoms with Gasteiger partial charge in [-0.1, -0.05) is 17.7 Å². The van der Waals surface area contributed by atoms with Gasteiger partial charge >= 0.3 is 0 Å². The van der Waals surface area contributed by atoms with Gasteiger partial charge in [0.25, 0.3) is 0 Å². The average molecular weight is 299 g/mol. The van der Waals surface area contributed by atoms with Crippen molar-refractivity contribution in [3.63, 3.8) is 0 Å². The molecule has 0 fully saturated rings. The van der Waals surface area contributed by atoms with Crippen molar-refractivity contribution in [3.05, 3.63) is 64.2 Å². The second-order valence-corrected chi connectivity index (χ2v) is 4.78. The molecule has 0 bridgehead atoms. The molecule has 0 aliphatic heterocycles. The lowest BCUT2D eigenvalue weighted by atomic mass is 10.0. The number of ether oxygens (including phenoxy) is 1. The fourth-order valence-corrected chi connectivity index (χ4v) is 2.19. The molecule has 2 nitrogen and oxygen atoms in total. The molecule has 0 aromatic heterocycles. The van der Waals surface area contributed by atoms with Crippen molar-refractivity contribution in [1.82, 2.24) is 0 Å². The number of hydrogen-bond donors (Lipinski definition) is 1. The zero-order valence-corrected chi connectivity index (χ0v) is 11.5. The van der Waals surface area contributed by atoms with Gasteiger partial charge in [0.05, 0.1) is 13.2 Å². The van der Waals surface area contributed by atoms with E-state index in [1.807, 2.05) is 0 Å². The van der Waals surface area contributed by atoms with E-state index in [0.29, 0.717) is 16.3 Å². The number of benzene rings is 2. The Hall–Kier alpha value is -1.65. The van der Waals surface area contributed by atoms with Gasteiger partial charge in [0.15, 0.2) is 0 Å². The Labute approximate surface area is 120 Å². The monoisotopic (exact) mass is 298 g/mol. The van der Waals surface area contributed by atoms with Crippen molar-refractivity contribution < 1.29 is 18.6 Å². The highest BCUT2D eigenvalue weighted by Crippen LogP contribution is 2.28. The molecule has 0 radical (unpaired) electrons. The minimum atomic E-state index is -1.11. The fourth-order valence-electron chi connectivity index (χ4n) is 2.00. The minimum absolute atomic E-state index is 0.0356. The van der Waals surface area contributed by atoms with Gasteiger partial charge in [-0.3, -0.25) is 0 Å². The normalized spacial score (nSPS) is 12.2. The van der Waals surface area contributed by atoms with Gasteiger partial charge in [-0.05, 0) is 29.8 Å². The lowest BCUT2D eigenvalue weighted by Crippen LogP contribution is -2.06. The van der Waals surface area contributed by atoms with Gasteiger partial charge in [0, 0.05) is 23.1 Å². The smallest absolute Gasteiger partial charge is 0.131 e. The summed E-state index contributed by atoms with van der Waals surface area (Å²) in [6.07, 6.45) is -0.991. The summed E-state index contributed by atoms with van der Waals surface area (Å²) in [5, 5.41) is 10.6. The molecule has 0 amide bonds. The first kappa shape index (κ1) is 14.8. The van der Waals surface area contributed by atoms with Crippen LogP contribution in [-0.4, -0.2) is 12.2 Å². The number of methoxy groups -OCH3 is 1. The zero-order chi connectivity index (χ0) is 14.7. The summed E-state index contributed by atoms with van der Waals surface area (Å²) >= 11 is 5.89. The molecule has 20 heavy (non-hydrogen) atoms. The van der Waals surface area contributed by atoms with E-state index < -0.39 is 17.7 Å². The van der Waals surface area contributed by atoms with E-state index in [1.165, 1.54) is 13.2 Å². The predicted molar refractivity (Wildman–Crippen MR) is 73.0 cm³/mol. The molecule has 1 unspecified atom stereocenters. The Morgan fingerprint density at radius 1 is 1.20 bits per heavy atom. The first-order valence-corrected chi connectivity index (χ1v) is 6.34. The van der Waals surface area contributed by atoms with Crippen molar-refractivity contribution in [3.8, 4) is 5.75 Å². The second-order valence-electron chi connectivity index (χ2n) is 4.34. The SMILES string of the molecule is COc1ccc(Cl)cc1CC(O)c1ccc(F)cc1F. The maximum Gasteiger partial charge on any atom is 0.131 e. The first-order valence-electron chi connectivity index (χ1n) is 5.96. The number of hydrogen-bond acceptors (Lipinski definition) is 2. The highest BCUT2D eigenvalue weighted by atomic mass is 35.5. The van der Waals surface area contributed by atoms with E-state index in [4.69, 9.17) is 16.3 Å². The fraction of sp³-hybridized carbons (Fsp3) is 0.200. The number of aliphatic hydroxyl groups is 1. The maximum atomic E-state index is 13.6. The summed E-state index contributed by atoms with van der Waals surface area (Å²) in [6.45, 7) is 0. The van der Waals surface area contributed by atoms with E-state index >= 15 is 0 Å². The van der Waals surface area contributed by atoms with Crippen LogP contribution in [0.5, 0.6) is 5.75 Å². The molecule has 5 heteroatoms. The van der Waals surface area contributed by atoms with Crippen LogP contribution in [0, 0.1) is 11.6 Å². The lowest BCUT2D eigenvalue weighted by Gasteiger charge is -2.15. The van der Waals surface area contributed by atoms with E-state index in [9.17, 15) is 13.9 Å². The maximum absolute atomic E-state index is 13.6. The van der Waals surface area contributed by atoms with Gasteiger partial charge < -0.3 is 9.84 Å². The average Bonchev–Trinajstić information content (AvgIpc) is 2.38. The molecule has 0 saturated heterocycles. The minimum Gasteiger partial charge on any atom is -0.496 e. The molecule has 2 rings (SSSR count). The Morgan fingerprint density at radius 3 is 2.60 bits per heavy atom. The van der Waals surface area contributed by atoms with Crippen molar-refractivity contribution in [2.45, 2.75) is 12.5 Å².